The highest BCUT2D eigenvalue weighted by atomic mass is 35.5. The minimum Gasteiger partial charge on any atom is -0.330 e. The second-order valence-electron chi connectivity index (χ2n) is 6.53. The molecule has 0 heterocycles. The molecule has 0 saturated heterocycles. The van der Waals surface area contributed by atoms with Crippen molar-refractivity contribution < 1.29 is 8.87 Å². The van der Waals surface area contributed by atoms with E-state index in [0.717, 1.165) is 29.4 Å². The summed E-state index contributed by atoms with van der Waals surface area (Å²) >= 11 is 6.28. The van der Waals surface area contributed by atoms with Crippen LogP contribution in [0.5, 0.6) is 0 Å². The quantitative estimate of drug-likeness (QED) is 0.729. The lowest BCUT2D eigenvalue weighted by molar-refractivity contribution is -0.874. The van der Waals surface area contributed by atoms with E-state index in [2.05, 4.69) is 21.1 Å². The molecule has 1 aromatic carbocycles. The van der Waals surface area contributed by atoms with Gasteiger partial charge in [-0.3, -0.25) is 0 Å². The van der Waals surface area contributed by atoms with E-state index in [1.54, 1.807) is 6.07 Å². The van der Waals surface area contributed by atoms with E-state index in [1.165, 1.54) is 18.9 Å². The normalized spacial score (nSPS) is 19.2. The standard InChI is InChI=1S/C15H22ClFN/c1-18(2,3)11-15(9-4-5-10-15)14-12(16)7-6-8-13(14)17/h6-8H,4-5,9-11H2,1-3H3/q+1. The zero-order chi connectivity index (χ0) is 13.4. The Balaban J connectivity index is 2.48. The van der Waals surface area contributed by atoms with Crippen LogP contribution in [0.25, 0.3) is 0 Å². The van der Waals surface area contributed by atoms with Crippen molar-refractivity contribution in [2.24, 2.45) is 0 Å². The summed E-state index contributed by atoms with van der Waals surface area (Å²) in [5, 5.41) is 0.588. The number of quaternary nitrogens is 1. The Bertz CT molecular complexity index is 410. The van der Waals surface area contributed by atoms with Crippen LogP contribution in [-0.2, 0) is 5.41 Å². The monoisotopic (exact) mass is 270 g/mol. The second-order valence-corrected chi connectivity index (χ2v) is 6.94. The van der Waals surface area contributed by atoms with E-state index >= 15 is 0 Å². The molecule has 0 aromatic heterocycles. The lowest BCUT2D eigenvalue weighted by Gasteiger charge is -2.37. The third-order valence-electron chi connectivity index (χ3n) is 3.83. The highest BCUT2D eigenvalue weighted by molar-refractivity contribution is 6.31. The van der Waals surface area contributed by atoms with Gasteiger partial charge < -0.3 is 4.48 Å². The molecule has 1 aliphatic carbocycles. The number of hydrogen-bond acceptors (Lipinski definition) is 0. The molecule has 3 heteroatoms. The molecule has 1 fully saturated rings. The van der Waals surface area contributed by atoms with Gasteiger partial charge in [-0.15, -0.1) is 0 Å². The van der Waals surface area contributed by atoms with Gasteiger partial charge in [0.05, 0.1) is 27.7 Å². The van der Waals surface area contributed by atoms with Crippen molar-refractivity contribution in [1.82, 2.24) is 0 Å². The van der Waals surface area contributed by atoms with Crippen LogP contribution in [0.2, 0.25) is 5.02 Å². The molecule has 0 bridgehead atoms. The van der Waals surface area contributed by atoms with Gasteiger partial charge in [0.2, 0.25) is 0 Å². The zero-order valence-electron chi connectivity index (χ0n) is 11.5. The van der Waals surface area contributed by atoms with Crippen molar-refractivity contribution in [1.29, 1.82) is 0 Å². The predicted molar refractivity (Wildman–Crippen MR) is 74.5 cm³/mol. The number of halogens is 2. The largest absolute Gasteiger partial charge is 0.330 e. The maximum Gasteiger partial charge on any atom is 0.128 e. The van der Waals surface area contributed by atoms with Gasteiger partial charge >= 0.3 is 0 Å². The molecule has 0 spiro atoms. The molecule has 2 rings (SSSR count). The first-order valence-electron chi connectivity index (χ1n) is 6.59. The van der Waals surface area contributed by atoms with Crippen molar-refractivity contribution in [3.8, 4) is 0 Å². The van der Waals surface area contributed by atoms with E-state index in [1.807, 2.05) is 6.07 Å². The van der Waals surface area contributed by atoms with Crippen molar-refractivity contribution in [3.63, 3.8) is 0 Å². The van der Waals surface area contributed by atoms with E-state index in [4.69, 9.17) is 11.6 Å². The van der Waals surface area contributed by atoms with Crippen molar-refractivity contribution in [2.45, 2.75) is 31.1 Å². The Labute approximate surface area is 114 Å². The van der Waals surface area contributed by atoms with Crippen LogP contribution in [-0.4, -0.2) is 32.2 Å². The summed E-state index contributed by atoms with van der Waals surface area (Å²) < 4.78 is 15.1. The fourth-order valence-electron chi connectivity index (χ4n) is 3.45. The van der Waals surface area contributed by atoms with Gasteiger partial charge in [-0.25, -0.2) is 4.39 Å². The van der Waals surface area contributed by atoms with E-state index in [0.29, 0.717) is 5.02 Å². The molecule has 1 aliphatic rings. The number of hydrogen-bond donors (Lipinski definition) is 0. The maximum absolute atomic E-state index is 14.2. The first-order chi connectivity index (χ1) is 8.34. The second kappa shape index (κ2) is 4.82. The summed E-state index contributed by atoms with van der Waals surface area (Å²) in [5.74, 6) is -0.141. The SMILES string of the molecule is C[N+](C)(C)CC1(c2c(F)cccc2Cl)CCCC1. The predicted octanol–water partition coefficient (Wildman–Crippen LogP) is 4.00. The van der Waals surface area contributed by atoms with Gasteiger partial charge in [0.15, 0.2) is 0 Å². The Hall–Kier alpha value is -0.600. The molecule has 0 unspecified atom stereocenters. The van der Waals surface area contributed by atoms with Gasteiger partial charge in [0.25, 0.3) is 0 Å². The molecule has 1 aromatic rings. The molecule has 18 heavy (non-hydrogen) atoms. The molecule has 0 amide bonds. The topological polar surface area (TPSA) is 0 Å². The summed E-state index contributed by atoms with van der Waals surface area (Å²) in [5.41, 5.74) is 0.665. The number of nitrogens with zero attached hydrogens (tertiary/aromatic N) is 1. The molecule has 0 N–H and O–H groups in total. The van der Waals surface area contributed by atoms with Crippen molar-refractivity contribution >= 4 is 11.6 Å². The van der Waals surface area contributed by atoms with Crippen LogP contribution in [0.1, 0.15) is 31.2 Å². The third-order valence-corrected chi connectivity index (χ3v) is 4.15. The van der Waals surface area contributed by atoms with E-state index in [-0.39, 0.29) is 11.2 Å². The van der Waals surface area contributed by atoms with Crippen molar-refractivity contribution in [3.05, 3.63) is 34.6 Å². The molecule has 1 saturated carbocycles. The average Bonchev–Trinajstić information content (AvgIpc) is 2.63. The number of likely N-dealkylation sites (N-methyl/N-ethyl adjacent to an activating group) is 1. The molecular weight excluding hydrogens is 249 g/mol. The van der Waals surface area contributed by atoms with Crippen LogP contribution >= 0.6 is 11.6 Å². The van der Waals surface area contributed by atoms with Gasteiger partial charge in [-0.1, -0.05) is 30.5 Å². The summed E-state index contributed by atoms with van der Waals surface area (Å²) in [6.07, 6.45) is 4.43. The number of rotatable bonds is 3. The van der Waals surface area contributed by atoms with Crippen LogP contribution in [0.4, 0.5) is 4.39 Å². The summed E-state index contributed by atoms with van der Waals surface area (Å²) in [4.78, 5) is 0. The van der Waals surface area contributed by atoms with Crippen LogP contribution in [0, 0.1) is 5.82 Å². The lowest BCUT2D eigenvalue weighted by atomic mass is 9.77. The minimum atomic E-state index is -0.141. The first-order valence-corrected chi connectivity index (χ1v) is 6.97. The fourth-order valence-corrected chi connectivity index (χ4v) is 3.81. The first kappa shape index (κ1) is 13.8. The highest BCUT2D eigenvalue weighted by Gasteiger charge is 2.43. The third kappa shape index (κ3) is 2.70. The van der Waals surface area contributed by atoms with Crippen molar-refractivity contribution in [2.75, 3.05) is 27.7 Å². The Kier molecular flexibility index (Phi) is 3.70. The van der Waals surface area contributed by atoms with Gasteiger partial charge in [-0.05, 0) is 25.0 Å². The minimum absolute atomic E-state index is 0.0827. The highest BCUT2D eigenvalue weighted by Crippen LogP contribution is 2.45. The molecule has 0 aliphatic heterocycles. The van der Waals surface area contributed by atoms with Gasteiger partial charge in [-0.2, -0.15) is 0 Å². The van der Waals surface area contributed by atoms with Crippen LogP contribution in [0.15, 0.2) is 18.2 Å². The molecular formula is C15H22ClFN+. The average molecular weight is 271 g/mol. The molecule has 1 nitrogen and oxygen atoms in total. The fraction of sp³-hybridized carbons (Fsp3) is 0.600. The van der Waals surface area contributed by atoms with Crippen LogP contribution in [0.3, 0.4) is 0 Å². The molecule has 0 radical (unpaired) electrons. The lowest BCUT2D eigenvalue weighted by Crippen LogP contribution is -2.46. The van der Waals surface area contributed by atoms with Gasteiger partial charge in [0.1, 0.15) is 5.82 Å². The van der Waals surface area contributed by atoms with E-state index in [9.17, 15) is 4.39 Å². The van der Waals surface area contributed by atoms with Crippen LogP contribution < -0.4 is 0 Å². The Morgan fingerprint density at radius 2 is 1.83 bits per heavy atom. The summed E-state index contributed by atoms with van der Waals surface area (Å²) in [6, 6.07) is 5.04. The maximum atomic E-state index is 14.2. The summed E-state index contributed by atoms with van der Waals surface area (Å²) in [6.45, 7) is 0.938. The summed E-state index contributed by atoms with van der Waals surface area (Å²) in [7, 11) is 6.48. The Morgan fingerprint density at radius 1 is 1.22 bits per heavy atom. The van der Waals surface area contributed by atoms with Gasteiger partial charge in [0, 0.05) is 16.0 Å². The molecule has 0 atom stereocenters. The van der Waals surface area contributed by atoms with E-state index < -0.39 is 0 Å². The smallest absolute Gasteiger partial charge is 0.128 e. The Morgan fingerprint density at radius 3 is 2.33 bits per heavy atom. The molecule has 100 valence electrons. The number of benzene rings is 1. The zero-order valence-corrected chi connectivity index (χ0v) is 12.2.